The first-order valence-electron chi connectivity index (χ1n) is 5.01. The highest BCUT2D eigenvalue weighted by Gasteiger charge is 2.49. The standard InChI is InChI=1S/C10H16FNO/c11-10-4-1-9(2-5-10,3-6-10)7-8(12)13/h1-7H2,(H2,12,13). The third kappa shape index (κ3) is 1.56. The number of rotatable bonds is 2. The molecular formula is C10H16FNO. The van der Waals surface area contributed by atoms with Gasteiger partial charge in [-0.15, -0.1) is 0 Å². The van der Waals surface area contributed by atoms with Crippen LogP contribution in [0.2, 0.25) is 0 Å². The second-order valence-corrected chi connectivity index (χ2v) is 4.79. The average molecular weight is 185 g/mol. The van der Waals surface area contributed by atoms with E-state index in [0.717, 1.165) is 19.3 Å². The van der Waals surface area contributed by atoms with Gasteiger partial charge in [-0.25, -0.2) is 4.39 Å². The normalized spacial score (nSPS) is 43.5. The molecule has 2 nitrogen and oxygen atoms in total. The Morgan fingerprint density at radius 2 is 1.62 bits per heavy atom. The molecule has 3 aliphatic carbocycles. The minimum Gasteiger partial charge on any atom is -0.370 e. The molecule has 0 atom stereocenters. The maximum atomic E-state index is 13.7. The Labute approximate surface area is 77.7 Å². The van der Waals surface area contributed by atoms with Crippen LogP contribution in [-0.2, 0) is 4.79 Å². The van der Waals surface area contributed by atoms with Crippen molar-refractivity contribution in [2.45, 2.75) is 50.6 Å². The van der Waals surface area contributed by atoms with Crippen molar-refractivity contribution in [3.05, 3.63) is 0 Å². The highest BCUT2D eigenvalue weighted by molar-refractivity contribution is 5.74. The van der Waals surface area contributed by atoms with Gasteiger partial charge in [0.2, 0.25) is 5.91 Å². The third-order valence-corrected chi connectivity index (χ3v) is 3.86. The van der Waals surface area contributed by atoms with Crippen LogP contribution in [0, 0.1) is 5.41 Å². The van der Waals surface area contributed by atoms with E-state index in [9.17, 15) is 9.18 Å². The fraction of sp³-hybridized carbons (Fsp3) is 0.900. The van der Waals surface area contributed by atoms with Gasteiger partial charge in [0.25, 0.3) is 0 Å². The van der Waals surface area contributed by atoms with Crippen molar-refractivity contribution in [2.75, 3.05) is 0 Å². The van der Waals surface area contributed by atoms with Crippen molar-refractivity contribution in [1.29, 1.82) is 0 Å². The van der Waals surface area contributed by atoms with Crippen molar-refractivity contribution in [2.24, 2.45) is 11.1 Å². The van der Waals surface area contributed by atoms with Crippen LogP contribution < -0.4 is 5.73 Å². The van der Waals surface area contributed by atoms with E-state index < -0.39 is 5.67 Å². The molecule has 0 aliphatic heterocycles. The topological polar surface area (TPSA) is 43.1 Å². The Morgan fingerprint density at radius 1 is 1.15 bits per heavy atom. The van der Waals surface area contributed by atoms with Crippen LogP contribution in [0.4, 0.5) is 4.39 Å². The zero-order valence-corrected chi connectivity index (χ0v) is 7.81. The number of carbonyl (C=O) groups is 1. The number of hydrogen-bond acceptors (Lipinski definition) is 1. The molecule has 3 fully saturated rings. The van der Waals surface area contributed by atoms with Gasteiger partial charge in [-0.2, -0.15) is 0 Å². The summed E-state index contributed by atoms with van der Waals surface area (Å²) in [4.78, 5) is 10.9. The molecule has 3 saturated carbocycles. The van der Waals surface area contributed by atoms with Crippen LogP contribution in [-0.4, -0.2) is 11.6 Å². The number of nitrogens with two attached hydrogens (primary N) is 1. The molecule has 2 bridgehead atoms. The van der Waals surface area contributed by atoms with Crippen LogP contribution >= 0.6 is 0 Å². The number of halogens is 1. The van der Waals surface area contributed by atoms with Gasteiger partial charge >= 0.3 is 0 Å². The molecule has 0 unspecified atom stereocenters. The van der Waals surface area contributed by atoms with Gasteiger partial charge < -0.3 is 5.73 Å². The molecule has 0 spiro atoms. The van der Waals surface area contributed by atoms with Gasteiger partial charge in [0, 0.05) is 6.42 Å². The lowest BCUT2D eigenvalue weighted by atomic mass is 9.58. The summed E-state index contributed by atoms with van der Waals surface area (Å²) in [6.07, 6.45) is 4.94. The quantitative estimate of drug-likeness (QED) is 0.701. The molecule has 0 radical (unpaired) electrons. The van der Waals surface area contributed by atoms with E-state index in [1.807, 2.05) is 0 Å². The van der Waals surface area contributed by atoms with Crippen molar-refractivity contribution < 1.29 is 9.18 Å². The smallest absolute Gasteiger partial charge is 0.217 e. The molecular weight excluding hydrogens is 169 g/mol. The van der Waals surface area contributed by atoms with Gasteiger partial charge in [-0.3, -0.25) is 4.79 Å². The monoisotopic (exact) mass is 185 g/mol. The highest BCUT2D eigenvalue weighted by atomic mass is 19.1. The number of fused-ring (bicyclic) bond motifs is 3. The van der Waals surface area contributed by atoms with Crippen LogP contribution in [0.5, 0.6) is 0 Å². The molecule has 3 heteroatoms. The molecule has 1 amide bonds. The lowest BCUT2D eigenvalue weighted by Crippen LogP contribution is -2.44. The summed E-state index contributed by atoms with van der Waals surface area (Å²) in [7, 11) is 0. The van der Waals surface area contributed by atoms with Gasteiger partial charge in [0.15, 0.2) is 0 Å². The molecule has 3 aliphatic rings. The van der Waals surface area contributed by atoms with Crippen molar-refractivity contribution in [1.82, 2.24) is 0 Å². The van der Waals surface area contributed by atoms with Crippen LogP contribution in [0.1, 0.15) is 44.9 Å². The van der Waals surface area contributed by atoms with Gasteiger partial charge in [0.1, 0.15) is 5.67 Å². The average Bonchev–Trinajstić information content (AvgIpc) is 2.07. The summed E-state index contributed by atoms with van der Waals surface area (Å²) < 4.78 is 13.7. The molecule has 0 aromatic rings. The SMILES string of the molecule is NC(=O)CC12CCC(F)(CC1)CC2. The fourth-order valence-corrected chi connectivity index (χ4v) is 2.85. The molecule has 0 aromatic heterocycles. The Morgan fingerprint density at radius 3 is 2.00 bits per heavy atom. The van der Waals surface area contributed by atoms with E-state index in [1.54, 1.807) is 0 Å². The molecule has 0 heterocycles. The molecule has 2 N–H and O–H groups in total. The van der Waals surface area contributed by atoms with Crippen LogP contribution in [0.15, 0.2) is 0 Å². The summed E-state index contributed by atoms with van der Waals surface area (Å²) in [6.45, 7) is 0. The summed E-state index contributed by atoms with van der Waals surface area (Å²) in [6, 6.07) is 0. The third-order valence-electron chi connectivity index (χ3n) is 3.86. The largest absolute Gasteiger partial charge is 0.370 e. The summed E-state index contributed by atoms with van der Waals surface area (Å²) in [5.41, 5.74) is 4.37. The molecule has 3 rings (SSSR count). The van der Waals surface area contributed by atoms with Gasteiger partial charge in [-0.05, 0) is 43.9 Å². The molecule has 0 aromatic carbocycles. The predicted molar refractivity (Wildman–Crippen MR) is 47.8 cm³/mol. The number of alkyl halides is 1. The predicted octanol–water partition coefficient (Wildman–Crippen LogP) is 1.92. The highest BCUT2D eigenvalue weighted by Crippen LogP contribution is 2.55. The van der Waals surface area contributed by atoms with E-state index >= 15 is 0 Å². The van der Waals surface area contributed by atoms with Crippen molar-refractivity contribution in [3.63, 3.8) is 0 Å². The van der Waals surface area contributed by atoms with E-state index in [4.69, 9.17) is 5.73 Å². The lowest BCUT2D eigenvalue weighted by Gasteiger charge is -2.49. The molecule has 74 valence electrons. The maximum Gasteiger partial charge on any atom is 0.217 e. The first kappa shape index (κ1) is 8.97. The maximum absolute atomic E-state index is 13.7. The Kier molecular flexibility index (Phi) is 1.86. The molecule has 13 heavy (non-hydrogen) atoms. The second kappa shape index (κ2) is 2.69. The van der Waals surface area contributed by atoms with Crippen LogP contribution in [0.3, 0.4) is 0 Å². The minimum absolute atomic E-state index is 0.0691. The molecule has 0 saturated heterocycles. The Balaban J connectivity index is 2.07. The van der Waals surface area contributed by atoms with E-state index in [1.165, 1.54) is 0 Å². The summed E-state index contributed by atoms with van der Waals surface area (Å²) >= 11 is 0. The second-order valence-electron chi connectivity index (χ2n) is 4.79. The first-order chi connectivity index (χ1) is 6.04. The van der Waals surface area contributed by atoms with Gasteiger partial charge in [0.05, 0.1) is 0 Å². The zero-order valence-electron chi connectivity index (χ0n) is 7.81. The Hall–Kier alpha value is -0.600. The fourth-order valence-electron chi connectivity index (χ4n) is 2.85. The minimum atomic E-state index is -0.903. The zero-order chi connectivity index (χ0) is 9.53. The van der Waals surface area contributed by atoms with E-state index in [0.29, 0.717) is 25.7 Å². The lowest BCUT2D eigenvalue weighted by molar-refractivity contribution is -0.124. The van der Waals surface area contributed by atoms with Crippen molar-refractivity contribution in [3.8, 4) is 0 Å². The number of amides is 1. The van der Waals surface area contributed by atoms with Gasteiger partial charge in [-0.1, -0.05) is 0 Å². The first-order valence-corrected chi connectivity index (χ1v) is 5.01. The van der Waals surface area contributed by atoms with E-state index in [-0.39, 0.29) is 11.3 Å². The number of primary amides is 1. The van der Waals surface area contributed by atoms with E-state index in [2.05, 4.69) is 0 Å². The number of hydrogen-bond donors (Lipinski definition) is 1. The summed E-state index contributed by atoms with van der Waals surface area (Å²) in [5, 5.41) is 0. The Bertz CT molecular complexity index is 215. The summed E-state index contributed by atoms with van der Waals surface area (Å²) in [5.74, 6) is -0.228. The number of carbonyl (C=O) groups excluding carboxylic acids is 1. The van der Waals surface area contributed by atoms with Crippen molar-refractivity contribution >= 4 is 5.91 Å². The van der Waals surface area contributed by atoms with Crippen LogP contribution in [0.25, 0.3) is 0 Å².